The highest BCUT2D eigenvalue weighted by atomic mass is 35.5. The summed E-state index contributed by atoms with van der Waals surface area (Å²) in [5.74, 6) is -0.0171. The molecule has 2 atom stereocenters. The van der Waals surface area contributed by atoms with Crippen molar-refractivity contribution in [2.24, 2.45) is 0 Å². The van der Waals surface area contributed by atoms with Gasteiger partial charge in [-0.15, -0.1) is 12.4 Å². The Labute approximate surface area is 144 Å². The number of morpholine rings is 1. The quantitative estimate of drug-likeness (QED) is 0.744. The first-order chi connectivity index (χ1) is 10.7. The number of amides is 1. The number of nitrogens with one attached hydrogen (secondary N) is 2. The van der Waals surface area contributed by atoms with Crippen LogP contribution in [-0.2, 0) is 27.4 Å². The summed E-state index contributed by atoms with van der Waals surface area (Å²) in [7, 11) is 0. The number of ether oxygens (including phenoxy) is 2. The van der Waals surface area contributed by atoms with Crippen LogP contribution in [-0.4, -0.2) is 37.8 Å². The molecule has 1 aliphatic rings. The van der Waals surface area contributed by atoms with Crippen LogP contribution in [0.15, 0.2) is 24.3 Å². The Hall–Kier alpha value is -1.14. The van der Waals surface area contributed by atoms with Gasteiger partial charge < -0.3 is 20.1 Å². The highest BCUT2D eigenvalue weighted by Gasteiger charge is 2.27. The molecule has 0 aromatic heterocycles. The molecule has 0 unspecified atom stereocenters. The van der Waals surface area contributed by atoms with Crippen LogP contribution in [0.3, 0.4) is 0 Å². The summed E-state index contributed by atoms with van der Waals surface area (Å²) in [6, 6.07) is 7.77. The SMILES string of the molecule is CCCOCc1ccccc1CNC(=O)[C@H]1NCCO[C@@H]1C.Cl. The van der Waals surface area contributed by atoms with Gasteiger partial charge in [0.15, 0.2) is 0 Å². The van der Waals surface area contributed by atoms with Crippen LogP contribution in [0.2, 0.25) is 0 Å². The van der Waals surface area contributed by atoms with Gasteiger partial charge >= 0.3 is 0 Å². The third kappa shape index (κ3) is 6.11. The zero-order valence-corrected chi connectivity index (χ0v) is 14.7. The molecule has 2 N–H and O–H groups in total. The second-order valence-electron chi connectivity index (χ2n) is 5.55. The topological polar surface area (TPSA) is 59.6 Å². The van der Waals surface area contributed by atoms with Gasteiger partial charge in [-0.1, -0.05) is 31.2 Å². The lowest BCUT2D eigenvalue weighted by Crippen LogP contribution is -2.55. The molecular weight excluding hydrogens is 316 g/mol. The van der Waals surface area contributed by atoms with Gasteiger partial charge in [-0.05, 0) is 24.5 Å². The molecule has 2 rings (SSSR count). The van der Waals surface area contributed by atoms with Crippen molar-refractivity contribution in [1.82, 2.24) is 10.6 Å². The van der Waals surface area contributed by atoms with Crippen LogP contribution < -0.4 is 10.6 Å². The normalized spacial score (nSPS) is 20.6. The largest absolute Gasteiger partial charge is 0.377 e. The van der Waals surface area contributed by atoms with E-state index in [9.17, 15) is 4.79 Å². The molecule has 1 aromatic rings. The Balaban J connectivity index is 0.00000264. The van der Waals surface area contributed by atoms with E-state index >= 15 is 0 Å². The minimum absolute atomic E-state index is 0. The van der Waals surface area contributed by atoms with Crippen molar-refractivity contribution in [3.05, 3.63) is 35.4 Å². The predicted molar refractivity (Wildman–Crippen MR) is 92.7 cm³/mol. The van der Waals surface area contributed by atoms with E-state index in [1.54, 1.807) is 0 Å². The zero-order valence-electron chi connectivity index (χ0n) is 13.8. The van der Waals surface area contributed by atoms with Gasteiger partial charge in [0.25, 0.3) is 0 Å². The first-order valence-corrected chi connectivity index (χ1v) is 7.99. The summed E-state index contributed by atoms with van der Waals surface area (Å²) in [5, 5.41) is 6.19. The van der Waals surface area contributed by atoms with Crippen molar-refractivity contribution in [2.75, 3.05) is 19.8 Å². The van der Waals surface area contributed by atoms with Crippen LogP contribution in [0.1, 0.15) is 31.4 Å². The van der Waals surface area contributed by atoms with E-state index in [2.05, 4.69) is 17.6 Å². The molecule has 130 valence electrons. The summed E-state index contributed by atoms with van der Waals surface area (Å²) < 4.78 is 11.1. The number of halogens is 1. The van der Waals surface area contributed by atoms with E-state index in [1.807, 2.05) is 31.2 Å². The zero-order chi connectivity index (χ0) is 15.8. The molecule has 0 aliphatic carbocycles. The molecular formula is C17H27ClN2O3. The van der Waals surface area contributed by atoms with Crippen LogP contribution in [0, 0.1) is 0 Å². The van der Waals surface area contributed by atoms with E-state index in [4.69, 9.17) is 9.47 Å². The summed E-state index contributed by atoms with van der Waals surface area (Å²) in [6.07, 6.45) is 0.904. The lowest BCUT2D eigenvalue weighted by Gasteiger charge is -2.29. The van der Waals surface area contributed by atoms with Gasteiger partial charge in [-0.3, -0.25) is 4.79 Å². The summed E-state index contributed by atoms with van der Waals surface area (Å²) in [6.45, 7) is 7.22. The molecule has 23 heavy (non-hydrogen) atoms. The molecule has 1 amide bonds. The molecule has 6 heteroatoms. The van der Waals surface area contributed by atoms with Gasteiger partial charge in [0.2, 0.25) is 5.91 Å². The van der Waals surface area contributed by atoms with Gasteiger partial charge in [-0.2, -0.15) is 0 Å². The Bertz CT molecular complexity index is 485. The Morgan fingerprint density at radius 1 is 1.39 bits per heavy atom. The second kappa shape index (κ2) is 10.6. The molecule has 0 spiro atoms. The van der Waals surface area contributed by atoms with Crippen molar-refractivity contribution in [3.63, 3.8) is 0 Å². The number of hydrogen-bond donors (Lipinski definition) is 2. The van der Waals surface area contributed by atoms with E-state index in [1.165, 1.54) is 0 Å². The molecule has 1 fully saturated rings. The van der Waals surface area contributed by atoms with Crippen molar-refractivity contribution in [2.45, 2.75) is 45.6 Å². The van der Waals surface area contributed by atoms with E-state index in [0.717, 1.165) is 24.2 Å². The maximum atomic E-state index is 12.3. The molecule has 1 aromatic carbocycles. The molecule has 0 radical (unpaired) electrons. The monoisotopic (exact) mass is 342 g/mol. The smallest absolute Gasteiger partial charge is 0.240 e. The third-order valence-electron chi connectivity index (χ3n) is 3.78. The number of carbonyl (C=O) groups is 1. The van der Waals surface area contributed by atoms with Crippen molar-refractivity contribution in [3.8, 4) is 0 Å². The first-order valence-electron chi connectivity index (χ1n) is 7.99. The number of hydrogen-bond acceptors (Lipinski definition) is 4. The predicted octanol–water partition coefficient (Wildman–Crippen LogP) is 2.03. The molecule has 1 heterocycles. The maximum absolute atomic E-state index is 12.3. The second-order valence-corrected chi connectivity index (χ2v) is 5.55. The standard InChI is InChI=1S/C17H26N2O3.ClH/c1-3-9-21-12-15-7-5-4-6-14(15)11-19-17(20)16-13(2)22-10-8-18-16;/h4-7,13,16,18H,3,8-12H2,1-2H3,(H,19,20);1H/t13-,16+;/m1./s1. The fourth-order valence-electron chi connectivity index (χ4n) is 2.52. The average molecular weight is 343 g/mol. The molecule has 1 saturated heterocycles. The van der Waals surface area contributed by atoms with Crippen LogP contribution in [0.4, 0.5) is 0 Å². The Morgan fingerprint density at radius 3 is 2.83 bits per heavy atom. The Morgan fingerprint density at radius 2 is 2.13 bits per heavy atom. The number of carbonyl (C=O) groups excluding carboxylic acids is 1. The molecule has 0 saturated carbocycles. The molecule has 0 bridgehead atoms. The lowest BCUT2D eigenvalue weighted by atomic mass is 10.1. The van der Waals surface area contributed by atoms with Gasteiger partial charge in [0, 0.05) is 19.7 Å². The Kier molecular flexibility index (Phi) is 9.17. The van der Waals surface area contributed by atoms with Crippen molar-refractivity contribution in [1.29, 1.82) is 0 Å². The van der Waals surface area contributed by atoms with Crippen LogP contribution in [0.25, 0.3) is 0 Å². The lowest BCUT2D eigenvalue weighted by molar-refractivity contribution is -0.129. The van der Waals surface area contributed by atoms with Gasteiger partial charge in [0.05, 0.1) is 19.3 Å². The first kappa shape index (κ1) is 19.9. The van der Waals surface area contributed by atoms with E-state index < -0.39 is 0 Å². The number of benzene rings is 1. The van der Waals surface area contributed by atoms with Gasteiger partial charge in [-0.25, -0.2) is 0 Å². The number of rotatable bonds is 7. The summed E-state index contributed by atoms with van der Waals surface area (Å²) >= 11 is 0. The fourth-order valence-corrected chi connectivity index (χ4v) is 2.52. The summed E-state index contributed by atoms with van der Waals surface area (Å²) in [4.78, 5) is 12.3. The van der Waals surface area contributed by atoms with Crippen molar-refractivity contribution < 1.29 is 14.3 Å². The maximum Gasteiger partial charge on any atom is 0.240 e. The average Bonchev–Trinajstić information content (AvgIpc) is 2.54. The minimum atomic E-state index is -0.280. The van der Waals surface area contributed by atoms with Crippen LogP contribution >= 0.6 is 12.4 Å². The third-order valence-corrected chi connectivity index (χ3v) is 3.78. The van der Waals surface area contributed by atoms with Crippen LogP contribution in [0.5, 0.6) is 0 Å². The molecule has 1 aliphatic heterocycles. The van der Waals surface area contributed by atoms with E-state index in [-0.39, 0.29) is 30.5 Å². The van der Waals surface area contributed by atoms with Gasteiger partial charge in [0.1, 0.15) is 6.04 Å². The molecule has 5 nitrogen and oxygen atoms in total. The minimum Gasteiger partial charge on any atom is -0.377 e. The summed E-state index contributed by atoms with van der Waals surface area (Å²) in [5.41, 5.74) is 2.22. The van der Waals surface area contributed by atoms with Crippen molar-refractivity contribution >= 4 is 18.3 Å². The van der Waals surface area contributed by atoms with E-state index in [0.29, 0.717) is 26.3 Å². The fraction of sp³-hybridized carbons (Fsp3) is 0.588. The highest BCUT2D eigenvalue weighted by Crippen LogP contribution is 2.11. The highest BCUT2D eigenvalue weighted by molar-refractivity contribution is 5.85.